The first kappa shape index (κ1) is 23.7. The van der Waals surface area contributed by atoms with Gasteiger partial charge >= 0.3 is 0 Å². The highest BCUT2D eigenvalue weighted by Gasteiger charge is 2.16. The topological polar surface area (TPSA) is 83.0 Å². The van der Waals surface area contributed by atoms with Gasteiger partial charge in [-0.3, -0.25) is 0 Å². The second-order valence-corrected chi connectivity index (χ2v) is 9.27. The molecule has 0 unspecified atom stereocenters. The molecular formula is C22H32N4O3S. The number of aryl methyl sites for hydroxylation is 1. The van der Waals surface area contributed by atoms with Crippen LogP contribution in [0.25, 0.3) is 0 Å². The fourth-order valence-corrected chi connectivity index (χ4v) is 3.81. The van der Waals surface area contributed by atoms with Crippen LogP contribution in [0.5, 0.6) is 5.75 Å². The zero-order chi connectivity index (χ0) is 22.1. The minimum atomic E-state index is -3.42. The van der Waals surface area contributed by atoms with Crippen molar-refractivity contribution in [3.63, 3.8) is 0 Å². The Morgan fingerprint density at radius 3 is 2.40 bits per heavy atom. The quantitative estimate of drug-likeness (QED) is 0.470. The summed E-state index contributed by atoms with van der Waals surface area (Å²) >= 11 is 0. The summed E-state index contributed by atoms with van der Waals surface area (Å²) < 4.78 is 31.0. The van der Waals surface area contributed by atoms with Crippen LogP contribution in [0.1, 0.15) is 23.6 Å². The number of nitrogens with zero attached hydrogens (tertiary/aromatic N) is 2. The normalized spacial score (nSPS) is 12.1. The third-order valence-corrected chi connectivity index (χ3v) is 6.42. The van der Waals surface area contributed by atoms with E-state index in [9.17, 15) is 8.42 Å². The lowest BCUT2D eigenvalue weighted by atomic mass is 10.1. The first-order chi connectivity index (χ1) is 14.3. The Morgan fingerprint density at radius 2 is 1.80 bits per heavy atom. The number of guanidine groups is 1. The Morgan fingerprint density at radius 1 is 1.10 bits per heavy atom. The first-order valence-electron chi connectivity index (χ1n) is 9.95. The number of benzene rings is 2. The van der Waals surface area contributed by atoms with Crippen LogP contribution < -0.4 is 15.4 Å². The fraction of sp³-hybridized carbons (Fsp3) is 0.409. The lowest BCUT2D eigenvalue weighted by Gasteiger charge is -2.14. The summed E-state index contributed by atoms with van der Waals surface area (Å²) in [6.07, 6.45) is 0.812. The van der Waals surface area contributed by atoms with E-state index in [-0.39, 0.29) is 4.90 Å². The minimum absolute atomic E-state index is 0.275. The maximum atomic E-state index is 12.2. The molecule has 2 aromatic carbocycles. The summed E-state index contributed by atoms with van der Waals surface area (Å²) in [5.74, 6) is 1.60. The molecule has 7 nitrogen and oxygen atoms in total. The maximum absolute atomic E-state index is 12.2. The van der Waals surface area contributed by atoms with E-state index in [1.807, 2.05) is 19.1 Å². The van der Waals surface area contributed by atoms with Gasteiger partial charge in [0, 0.05) is 27.2 Å². The SMILES string of the molecule is CCNC(=NCc1ccc(S(=O)(=O)N(C)C)cc1)NCCc1cc(C)ccc1OC. The third-order valence-electron chi connectivity index (χ3n) is 4.59. The molecule has 0 saturated carbocycles. The summed E-state index contributed by atoms with van der Waals surface area (Å²) in [6.45, 7) is 6.00. The summed E-state index contributed by atoms with van der Waals surface area (Å²) in [4.78, 5) is 4.88. The molecule has 8 heteroatoms. The molecule has 0 atom stereocenters. The maximum Gasteiger partial charge on any atom is 0.242 e. The van der Waals surface area contributed by atoms with Crippen LogP contribution in [0.4, 0.5) is 0 Å². The van der Waals surface area contributed by atoms with Crippen molar-refractivity contribution < 1.29 is 13.2 Å². The predicted octanol–water partition coefficient (Wildman–Crippen LogP) is 2.55. The van der Waals surface area contributed by atoms with E-state index < -0.39 is 10.0 Å². The highest BCUT2D eigenvalue weighted by molar-refractivity contribution is 7.89. The van der Waals surface area contributed by atoms with Crippen molar-refractivity contribution in [1.29, 1.82) is 0 Å². The molecular weight excluding hydrogens is 400 g/mol. The standard InChI is InChI=1S/C22H32N4O3S/c1-6-23-22(24-14-13-19-15-17(2)7-12-21(19)29-5)25-16-18-8-10-20(11-9-18)30(27,28)26(3)4/h7-12,15H,6,13-14,16H2,1-5H3,(H2,23,24,25). The number of rotatable bonds is 9. The van der Waals surface area contributed by atoms with Crippen LogP contribution >= 0.6 is 0 Å². The van der Waals surface area contributed by atoms with Gasteiger partial charge in [0.2, 0.25) is 10.0 Å². The largest absolute Gasteiger partial charge is 0.496 e. The Bertz CT molecular complexity index is 955. The van der Waals surface area contributed by atoms with E-state index in [1.165, 1.54) is 24.0 Å². The number of aliphatic imine (C=N–C) groups is 1. The lowest BCUT2D eigenvalue weighted by Crippen LogP contribution is -2.38. The smallest absolute Gasteiger partial charge is 0.242 e. The molecule has 0 saturated heterocycles. The average Bonchev–Trinajstić information content (AvgIpc) is 2.72. The van der Waals surface area contributed by atoms with E-state index in [4.69, 9.17) is 4.74 Å². The van der Waals surface area contributed by atoms with Crippen LogP contribution in [-0.4, -0.2) is 53.0 Å². The first-order valence-corrected chi connectivity index (χ1v) is 11.4. The molecule has 0 bridgehead atoms. The van der Waals surface area contributed by atoms with Gasteiger partial charge in [0.05, 0.1) is 18.6 Å². The Labute approximate surface area is 180 Å². The number of sulfonamides is 1. The predicted molar refractivity (Wildman–Crippen MR) is 122 cm³/mol. The highest BCUT2D eigenvalue weighted by Crippen LogP contribution is 2.19. The number of ether oxygens (including phenoxy) is 1. The van der Waals surface area contributed by atoms with Crippen LogP contribution in [0.2, 0.25) is 0 Å². The Hall–Kier alpha value is -2.58. The number of methoxy groups -OCH3 is 1. The van der Waals surface area contributed by atoms with E-state index in [0.29, 0.717) is 19.0 Å². The van der Waals surface area contributed by atoms with Gasteiger partial charge in [-0.25, -0.2) is 17.7 Å². The molecule has 0 aliphatic carbocycles. The number of hydrogen-bond donors (Lipinski definition) is 2. The van der Waals surface area contributed by atoms with Crippen molar-refractivity contribution in [2.45, 2.75) is 31.7 Å². The molecule has 0 aromatic heterocycles. The van der Waals surface area contributed by atoms with Gasteiger partial charge in [-0.2, -0.15) is 0 Å². The zero-order valence-corrected chi connectivity index (χ0v) is 19.2. The van der Waals surface area contributed by atoms with Crippen LogP contribution in [0.15, 0.2) is 52.4 Å². The molecule has 0 fully saturated rings. The average molecular weight is 433 g/mol. The van der Waals surface area contributed by atoms with Gasteiger partial charge in [0.15, 0.2) is 5.96 Å². The number of nitrogens with one attached hydrogen (secondary N) is 2. The highest BCUT2D eigenvalue weighted by atomic mass is 32.2. The summed E-state index contributed by atoms with van der Waals surface area (Å²) in [5.41, 5.74) is 3.29. The monoisotopic (exact) mass is 432 g/mol. The molecule has 0 heterocycles. The Balaban J connectivity index is 2.00. The number of hydrogen-bond acceptors (Lipinski definition) is 4. The molecule has 0 aliphatic rings. The van der Waals surface area contributed by atoms with Crippen molar-refractivity contribution >= 4 is 16.0 Å². The van der Waals surface area contributed by atoms with Crippen LogP contribution in [-0.2, 0) is 23.0 Å². The molecule has 2 aromatic rings. The molecule has 30 heavy (non-hydrogen) atoms. The lowest BCUT2D eigenvalue weighted by molar-refractivity contribution is 0.409. The van der Waals surface area contributed by atoms with Crippen LogP contribution in [0, 0.1) is 6.92 Å². The minimum Gasteiger partial charge on any atom is -0.496 e. The van der Waals surface area contributed by atoms with Gasteiger partial charge in [-0.15, -0.1) is 0 Å². The zero-order valence-electron chi connectivity index (χ0n) is 18.4. The molecule has 0 amide bonds. The van der Waals surface area contributed by atoms with Crippen molar-refractivity contribution in [2.75, 3.05) is 34.3 Å². The van der Waals surface area contributed by atoms with Crippen molar-refractivity contribution in [3.8, 4) is 5.75 Å². The van der Waals surface area contributed by atoms with E-state index >= 15 is 0 Å². The second-order valence-electron chi connectivity index (χ2n) is 7.12. The Kier molecular flexibility index (Phi) is 8.68. The molecule has 164 valence electrons. The van der Waals surface area contributed by atoms with Crippen molar-refractivity contribution in [3.05, 3.63) is 59.2 Å². The molecule has 0 radical (unpaired) electrons. The van der Waals surface area contributed by atoms with Crippen molar-refractivity contribution in [2.24, 2.45) is 4.99 Å². The fourth-order valence-electron chi connectivity index (χ4n) is 2.91. The molecule has 0 aliphatic heterocycles. The van der Waals surface area contributed by atoms with Crippen LogP contribution in [0.3, 0.4) is 0 Å². The van der Waals surface area contributed by atoms with Gasteiger partial charge in [-0.05, 0) is 49.6 Å². The van der Waals surface area contributed by atoms with Gasteiger partial charge < -0.3 is 15.4 Å². The second kappa shape index (κ2) is 11.0. The van der Waals surface area contributed by atoms with Gasteiger partial charge in [0.1, 0.15) is 5.75 Å². The summed E-state index contributed by atoms with van der Waals surface area (Å²) in [5, 5.41) is 6.58. The van der Waals surface area contributed by atoms with Gasteiger partial charge in [-0.1, -0.05) is 29.8 Å². The van der Waals surface area contributed by atoms with Gasteiger partial charge in [0.25, 0.3) is 0 Å². The van der Waals surface area contributed by atoms with E-state index in [0.717, 1.165) is 29.8 Å². The summed E-state index contributed by atoms with van der Waals surface area (Å²) in [7, 11) is 1.31. The summed E-state index contributed by atoms with van der Waals surface area (Å²) in [6, 6.07) is 13.0. The van der Waals surface area contributed by atoms with E-state index in [1.54, 1.807) is 31.4 Å². The molecule has 0 spiro atoms. The molecule has 2 N–H and O–H groups in total. The van der Waals surface area contributed by atoms with E-state index in [2.05, 4.69) is 28.6 Å². The van der Waals surface area contributed by atoms with Crippen molar-refractivity contribution in [1.82, 2.24) is 14.9 Å². The third kappa shape index (κ3) is 6.47. The molecule has 2 rings (SSSR count).